The van der Waals surface area contributed by atoms with Crippen molar-refractivity contribution in [2.45, 2.75) is 13.5 Å². The Morgan fingerprint density at radius 3 is 2.85 bits per heavy atom. The average molecular weight is 286 g/mol. The Hall–Kier alpha value is -2.32. The number of anilines is 1. The summed E-state index contributed by atoms with van der Waals surface area (Å²) in [6.45, 7) is 2.59. The van der Waals surface area contributed by atoms with E-state index < -0.39 is 0 Å². The molecule has 0 unspecified atom stereocenters. The van der Waals surface area contributed by atoms with E-state index in [0.717, 1.165) is 16.1 Å². The molecule has 20 heavy (non-hydrogen) atoms. The lowest BCUT2D eigenvalue weighted by Crippen LogP contribution is -2.04. The molecule has 2 aromatic rings. The highest BCUT2D eigenvalue weighted by Gasteiger charge is 2.07. The van der Waals surface area contributed by atoms with E-state index in [1.54, 1.807) is 23.5 Å². The van der Waals surface area contributed by atoms with Gasteiger partial charge in [0.15, 0.2) is 0 Å². The van der Waals surface area contributed by atoms with E-state index in [2.05, 4.69) is 16.1 Å². The predicted molar refractivity (Wildman–Crippen MR) is 78.9 cm³/mol. The predicted octanol–water partition coefficient (Wildman–Crippen LogP) is 3.33. The maximum absolute atomic E-state index is 11.4. The SMILES string of the molecule is COC(=O)c1ccc(NCc2cc(C#N)cs2)c(C)c1. The molecule has 0 aliphatic heterocycles. The second-order valence-electron chi connectivity index (χ2n) is 4.29. The molecule has 0 aliphatic carbocycles. The summed E-state index contributed by atoms with van der Waals surface area (Å²) in [5.74, 6) is -0.337. The summed E-state index contributed by atoms with van der Waals surface area (Å²) in [7, 11) is 1.37. The molecule has 5 heteroatoms. The lowest BCUT2D eigenvalue weighted by atomic mass is 10.1. The minimum absolute atomic E-state index is 0.337. The molecular weight excluding hydrogens is 272 g/mol. The molecule has 0 amide bonds. The van der Waals surface area contributed by atoms with Gasteiger partial charge < -0.3 is 10.1 Å². The normalized spacial score (nSPS) is 9.85. The van der Waals surface area contributed by atoms with Crippen LogP contribution in [0.3, 0.4) is 0 Å². The Labute approximate surface area is 121 Å². The Bertz CT molecular complexity index is 671. The number of ether oxygens (including phenoxy) is 1. The van der Waals surface area contributed by atoms with Gasteiger partial charge in [-0.15, -0.1) is 11.3 Å². The number of rotatable bonds is 4. The van der Waals surface area contributed by atoms with Crippen LogP contribution in [-0.2, 0) is 11.3 Å². The zero-order valence-electron chi connectivity index (χ0n) is 11.3. The number of benzene rings is 1. The monoisotopic (exact) mass is 286 g/mol. The van der Waals surface area contributed by atoms with Gasteiger partial charge in [-0.05, 0) is 36.8 Å². The second-order valence-corrected chi connectivity index (χ2v) is 5.28. The highest BCUT2D eigenvalue weighted by atomic mass is 32.1. The van der Waals surface area contributed by atoms with Crippen LogP contribution in [0.15, 0.2) is 29.6 Å². The van der Waals surface area contributed by atoms with Crippen molar-refractivity contribution in [3.05, 3.63) is 51.2 Å². The number of nitriles is 1. The van der Waals surface area contributed by atoms with E-state index in [1.165, 1.54) is 7.11 Å². The number of carbonyl (C=O) groups excluding carboxylic acids is 1. The number of hydrogen-bond acceptors (Lipinski definition) is 5. The fraction of sp³-hybridized carbons (Fsp3) is 0.200. The average Bonchev–Trinajstić information content (AvgIpc) is 2.93. The van der Waals surface area contributed by atoms with Gasteiger partial charge in [0.05, 0.1) is 18.2 Å². The zero-order valence-corrected chi connectivity index (χ0v) is 12.1. The topological polar surface area (TPSA) is 62.1 Å². The van der Waals surface area contributed by atoms with E-state index in [4.69, 9.17) is 5.26 Å². The second kappa shape index (κ2) is 6.22. The molecule has 0 radical (unpaired) electrons. The van der Waals surface area contributed by atoms with Crippen molar-refractivity contribution in [3.8, 4) is 6.07 Å². The summed E-state index contributed by atoms with van der Waals surface area (Å²) >= 11 is 1.55. The maximum atomic E-state index is 11.4. The summed E-state index contributed by atoms with van der Waals surface area (Å²) < 4.78 is 4.69. The van der Waals surface area contributed by atoms with E-state index in [0.29, 0.717) is 17.7 Å². The first-order valence-electron chi connectivity index (χ1n) is 6.04. The van der Waals surface area contributed by atoms with Crippen molar-refractivity contribution in [2.24, 2.45) is 0 Å². The smallest absolute Gasteiger partial charge is 0.337 e. The van der Waals surface area contributed by atoms with Crippen LogP contribution in [0, 0.1) is 18.3 Å². The molecule has 0 spiro atoms. The number of hydrogen-bond donors (Lipinski definition) is 1. The molecule has 2 rings (SSSR count). The summed E-state index contributed by atoms with van der Waals surface area (Å²) in [5, 5.41) is 13.9. The van der Waals surface area contributed by atoms with Crippen molar-refractivity contribution >= 4 is 23.0 Å². The van der Waals surface area contributed by atoms with Crippen molar-refractivity contribution in [1.82, 2.24) is 0 Å². The van der Waals surface area contributed by atoms with Crippen LogP contribution in [0.1, 0.15) is 26.4 Å². The summed E-state index contributed by atoms with van der Waals surface area (Å²) in [5.41, 5.74) is 3.16. The largest absolute Gasteiger partial charge is 0.465 e. The number of nitrogens with zero attached hydrogens (tertiary/aromatic N) is 1. The lowest BCUT2D eigenvalue weighted by molar-refractivity contribution is 0.0600. The van der Waals surface area contributed by atoms with Crippen molar-refractivity contribution < 1.29 is 9.53 Å². The van der Waals surface area contributed by atoms with Crippen LogP contribution in [0.2, 0.25) is 0 Å². The van der Waals surface area contributed by atoms with Gasteiger partial charge in [0.1, 0.15) is 6.07 Å². The quantitative estimate of drug-likeness (QED) is 0.876. The molecule has 0 fully saturated rings. The Balaban J connectivity index is 2.06. The van der Waals surface area contributed by atoms with Crippen LogP contribution in [0.5, 0.6) is 0 Å². The zero-order chi connectivity index (χ0) is 14.5. The van der Waals surface area contributed by atoms with E-state index in [-0.39, 0.29) is 5.97 Å². The molecule has 1 heterocycles. The summed E-state index contributed by atoms with van der Waals surface area (Å²) in [6, 6.07) is 9.37. The molecule has 102 valence electrons. The van der Waals surface area contributed by atoms with Crippen LogP contribution < -0.4 is 5.32 Å². The minimum Gasteiger partial charge on any atom is -0.465 e. The fourth-order valence-corrected chi connectivity index (χ4v) is 2.57. The van der Waals surface area contributed by atoms with Crippen LogP contribution >= 0.6 is 11.3 Å². The molecule has 0 saturated heterocycles. The van der Waals surface area contributed by atoms with Gasteiger partial charge in [0.2, 0.25) is 0 Å². The lowest BCUT2D eigenvalue weighted by Gasteiger charge is -2.09. The first kappa shape index (κ1) is 14.1. The van der Waals surface area contributed by atoms with Gasteiger partial charge in [0.25, 0.3) is 0 Å². The first-order valence-corrected chi connectivity index (χ1v) is 6.92. The standard InChI is InChI=1S/C15H14N2O2S/c1-10-5-12(15(18)19-2)3-4-14(10)17-8-13-6-11(7-16)9-20-13/h3-6,9,17H,8H2,1-2H3. The van der Waals surface area contributed by atoms with Gasteiger partial charge in [-0.25, -0.2) is 4.79 Å². The molecule has 0 saturated carbocycles. The van der Waals surface area contributed by atoms with Crippen molar-refractivity contribution in [1.29, 1.82) is 5.26 Å². The molecule has 0 aliphatic rings. The van der Waals surface area contributed by atoms with Crippen LogP contribution in [0.25, 0.3) is 0 Å². The first-order chi connectivity index (χ1) is 9.63. The van der Waals surface area contributed by atoms with Crippen molar-refractivity contribution in [2.75, 3.05) is 12.4 Å². The maximum Gasteiger partial charge on any atom is 0.337 e. The molecule has 0 bridgehead atoms. The number of carbonyl (C=O) groups is 1. The number of aryl methyl sites for hydroxylation is 1. The van der Waals surface area contributed by atoms with E-state index in [9.17, 15) is 4.79 Å². The van der Waals surface area contributed by atoms with Gasteiger partial charge in [-0.3, -0.25) is 0 Å². The molecular formula is C15H14N2O2S. The third-order valence-corrected chi connectivity index (χ3v) is 3.82. The van der Waals surface area contributed by atoms with Gasteiger partial charge in [-0.2, -0.15) is 5.26 Å². The van der Waals surface area contributed by atoms with Gasteiger partial charge >= 0.3 is 5.97 Å². The summed E-state index contributed by atoms with van der Waals surface area (Å²) in [6.07, 6.45) is 0. The van der Waals surface area contributed by atoms with E-state index in [1.807, 2.05) is 24.4 Å². The number of methoxy groups -OCH3 is 1. The number of nitrogens with one attached hydrogen (secondary N) is 1. The van der Waals surface area contributed by atoms with Crippen LogP contribution in [0.4, 0.5) is 5.69 Å². The Kier molecular flexibility index (Phi) is 4.38. The van der Waals surface area contributed by atoms with Gasteiger partial charge in [-0.1, -0.05) is 0 Å². The Morgan fingerprint density at radius 1 is 1.45 bits per heavy atom. The Morgan fingerprint density at radius 2 is 2.25 bits per heavy atom. The minimum atomic E-state index is -0.337. The molecule has 1 aromatic heterocycles. The third-order valence-electron chi connectivity index (χ3n) is 2.88. The van der Waals surface area contributed by atoms with Gasteiger partial charge in [0, 0.05) is 22.5 Å². The third kappa shape index (κ3) is 3.16. The molecule has 1 aromatic carbocycles. The molecule has 4 nitrogen and oxygen atoms in total. The number of thiophene rings is 1. The molecule has 1 N–H and O–H groups in total. The highest BCUT2D eigenvalue weighted by Crippen LogP contribution is 2.20. The number of esters is 1. The van der Waals surface area contributed by atoms with Crippen LogP contribution in [-0.4, -0.2) is 13.1 Å². The van der Waals surface area contributed by atoms with E-state index >= 15 is 0 Å². The fourth-order valence-electron chi connectivity index (χ4n) is 1.82. The molecule has 0 atom stereocenters. The van der Waals surface area contributed by atoms with Crippen molar-refractivity contribution in [3.63, 3.8) is 0 Å². The highest BCUT2D eigenvalue weighted by molar-refractivity contribution is 7.10. The summed E-state index contributed by atoms with van der Waals surface area (Å²) in [4.78, 5) is 12.5.